The fourth-order valence-electron chi connectivity index (χ4n) is 2.38. The molecule has 0 fully saturated rings. The second kappa shape index (κ2) is 8.45. The summed E-state index contributed by atoms with van der Waals surface area (Å²) in [5.41, 5.74) is 2.70. The molecule has 4 heteroatoms. The fraction of sp³-hybridized carbons (Fsp3) is 0.529. The molecule has 1 aromatic carbocycles. The number of aryl methyl sites for hydroxylation is 2. The Morgan fingerprint density at radius 2 is 1.52 bits per heavy atom. The maximum absolute atomic E-state index is 12.1. The first-order valence-corrected chi connectivity index (χ1v) is 7.62. The van der Waals surface area contributed by atoms with Gasteiger partial charge in [-0.05, 0) is 38.8 Å². The molecule has 0 atom stereocenters. The van der Waals surface area contributed by atoms with Crippen LogP contribution in [0.3, 0.4) is 0 Å². The average molecular weight is 290 g/mol. The van der Waals surface area contributed by atoms with Crippen LogP contribution in [0, 0.1) is 13.8 Å². The lowest BCUT2D eigenvalue weighted by atomic mass is 10.1. The van der Waals surface area contributed by atoms with Crippen LogP contribution in [0.4, 0.5) is 0 Å². The molecule has 0 aromatic heterocycles. The van der Waals surface area contributed by atoms with Gasteiger partial charge in [-0.2, -0.15) is 0 Å². The van der Waals surface area contributed by atoms with E-state index in [1.165, 1.54) is 0 Å². The average Bonchev–Trinajstić information content (AvgIpc) is 2.43. The first-order chi connectivity index (χ1) is 9.97. The Labute approximate surface area is 127 Å². The zero-order chi connectivity index (χ0) is 15.8. The predicted octanol–water partition coefficient (Wildman–Crippen LogP) is 2.68. The molecule has 0 unspecified atom stereocenters. The Hall–Kier alpha value is -1.84. The molecule has 0 bridgehead atoms. The van der Waals surface area contributed by atoms with Gasteiger partial charge in [0.15, 0.2) is 0 Å². The first kappa shape index (κ1) is 17.2. The Balaban J connectivity index is 2.60. The van der Waals surface area contributed by atoms with Gasteiger partial charge in [0.05, 0.1) is 6.54 Å². The van der Waals surface area contributed by atoms with Crippen LogP contribution in [0.15, 0.2) is 18.2 Å². The van der Waals surface area contributed by atoms with Crippen LogP contribution in [0.1, 0.15) is 48.2 Å². The second-order valence-corrected chi connectivity index (χ2v) is 5.44. The van der Waals surface area contributed by atoms with Crippen molar-refractivity contribution in [2.75, 3.05) is 19.6 Å². The van der Waals surface area contributed by atoms with Crippen molar-refractivity contribution in [2.24, 2.45) is 0 Å². The molecular formula is C17H26N2O2. The molecule has 21 heavy (non-hydrogen) atoms. The molecule has 116 valence electrons. The van der Waals surface area contributed by atoms with E-state index in [2.05, 4.69) is 5.32 Å². The van der Waals surface area contributed by atoms with Gasteiger partial charge in [0, 0.05) is 18.7 Å². The molecule has 0 radical (unpaired) electrons. The van der Waals surface area contributed by atoms with Crippen molar-refractivity contribution < 1.29 is 9.59 Å². The number of carbonyl (C=O) groups is 2. The van der Waals surface area contributed by atoms with Crippen molar-refractivity contribution >= 4 is 11.8 Å². The van der Waals surface area contributed by atoms with Crippen molar-refractivity contribution in [3.05, 3.63) is 34.9 Å². The van der Waals surface area contributed by atoms with Crippen molar-refractivity contribution in [1.29, 1.82) is 0 Å². The molecule has 0 saturated carbocycles. The molecule has 2 amide bonds. The van der Waals surface area contributed by atoms with E-state index in [0.717, 1.165) is 37.1 Å². The number of carbonyl (C=O) groups excluding carboxylic acids is 2. The van der Waals surface area contributed by atoms with E-state index < -0.39 is 0 Å². The van der Waals surface area contributed by atoms with Crippen LogP contribution in [0.25, 0.3) is 0 Å². The number of hydrogen-bond acceptors (Lipinski definition) is 2. The van der Waals surface area contributed by atoms with E-state index in [1.807, 2.05) is 50.8 Å². The summed E-state index contributed by atoms with van der Waals surface area (Å²) in [6.07, 6.45) is 1.85. The molecule has 0 spiro atoms. The van der Waals surface area contributed by atoms with Gasteiger partial charge in [-0.3, -0.25) is 9.59 Å². The summed E-state index contributed by atoms with van der Waals surface area (Å²) in [5, 5.41) is 2.72. The zero-order valence-electron chi connectivity index (χ0n) is 13.5. The standard InChI is InChI=1S/C17H26N2O2/c1-5-7-19(8-6-2)16(20)12-18-17(21)15-10-13(3)9-14(4)11-15/h9-11H,5-8,12H2,1-4H3,(H,18,21). The van der Waals surface area contributed by atoms with Crippen LogP contribution in [0.2, 0.25) is 0 Å². The third-order valence-corrected chi connectivity index (χ3v) is 3.22. The van der Waals surface area contributed by atoms with E-state index in [1.54, 1.807) is 0 Å². The van der Waals surface area contributed by atoms with Gasteiger partial charge in [-0.25, -0.2) is 0 Å². The highest BCUT2D eigenvalue weighted by molar-refractivity contribution is 5.96. The van der Waals surface area contributed by atoms with Crippen LogP contribution < -0.4 is 5.32 Å². The van der Waals surface area contributed by atoms with Crippen molar-refractivity contribution in [2.45, 2.75) is 40.5 Å². The quantitative estimate of drug-likeness (QED) is 0.839. The lowest BCUT2D eigenvalue weighted by molar-refractivity contribution is -0.130. The Kier molecular flexibility index (Phi) is 6.92. The van der Waals surface area contributed by atoms with Crippen molar-refractivity contribution in [1.82, 2.24) is 10.2 Å². The minimum atomic E-state index is -0.192. The van der Waals surface area contributed by atoms with Gasteiger partial charge < -0.3 is 10.2 Å². The van der Waals surface area contributed by atoms with E-state index in [4.69, 9.17) is 0 Å². The van der Waals surface area contributed by atoms with Gasteiger partial charge in [0.25, 0.3) is 5.91 Å². The molecule has 0 saturated heterocycles. The summed E-state index contributed by atoms with van der Waals surface area (Å²) >= 11 is 0. The summed E-state index contributed by atoms with van der Waals surface area (Å²) in [4.78, 5) is 26.0. The molecule has 4 nitrogen and oxygen atoms in total. The largest absolute Gasteiger partial charge is 0.343 e. The van der Waals surface area contributed by atoms with E-state index in [-0.39, 0.29) is 18.4 Å². The van der Waals surface area contributed by atoms with Gasteiger partial charge >= 0.3 is 0 Å². The number of nitrogens with zero attached hydrogens (tertiary/aromatic N) is 1. The van der Waals surface area contributed by atoms with Crippen LogP contribution in [-0.2, 0) is 4.79 Å². The Morgan fingerprint density at radius 3 is 2.00 bits per heavy atom. The maximum Gasteiger partial charge on any atom is 0.251 e. The van der Waals surface area contributed by atoms with Crippen molar-refractivity contribution in [3.8, 4) is 0 Å². The van der Waals surface area contributed by atoms with Gasteiger partial charge in [-0.1, -0.05) is 31.0 Å². The van der Waals surface area contributed by atoms with E-state index >= 15 is 0 Å². The Morgan fingerprint density at radius 1 is 1.00 bits per heavy atom. The van der Waals surface area contributed by atoms with Gasteiger partial charge in [0.1, 0.15) is 0 Å². The molecule has 0 aliphatic heterocycles. The van der Waals surface area contributed by atoms with Crippen LogP contribution in [-0.4, -0.2) is 36.3 Å². The third kappa shape index (κ3) is 5.58. The smallest absolute Gasteiger partial charge is 0.251 e. The molecule has 1 N–H and O–H groups in total. The lowest BCUT2D eigenvalue weighted by Gasteiger charge is -2.21. The van der Waals surface area contributed by atoms with Gasteiger partial charge in [-0.15, -0.1) is 0 Å². The second-order valence-electron chi connectivity index (χ2n) is 5.44. The Bertz CT molecular complexity index is 471. The maximum atomic E-state index is 12.1. The summed E-state index contributed by atoms with van der Waals surface area (Å²) < 4.78 is 0. The minimum absolute atomic E-state index is 0.0172. The summed E-state index contributed by atoms with van der Waals surface area (Å²) in [7, 11) is 0. The predicted molar refractivity (Wildman–Crippen MR) is 85.4 cm³/mol. The monoisotopic (exact) mass is 290 g/mol. The highest BCUT2D eigenvalue weighted by Crippen LogP contribution is 2.08. The zero-order valence-corrected chi connectivity index (χ0v) is 13.5. The number of nitrogens with one attached hydrogen (secondary N) is 1. The normalized spacial score (nSPS) is 10.3. The molecular weight excluding hydrogens is 264 g/mol. The number of benzene rings is 1. The number of hydrogen-bond donors (Lipinski definition) is 1. The molecule has 0 heterocycles. The molecule has 0 aliphatic rings. The topological polar surface area (TPSA) is 49.4 Å². The van der Waals surface area contributed by atoms with Gasteiger partial charge in [0.2, 0.25) is 5.91 Å². The lowest BCUT2D eigenvalue weighted by Crippen LogP contribution is -2.41. The van der Waals surface area contributed by atoms with E-state index in [0.29, 0.717) is 5.56 Å². The number of rotatable bonds is 7. The summed E-state index contributed by atoms with van der Waals surface area (Å²) in [5.74, 6) is -0.209. The minimum Gasteiger partial charge on any atom is -0.343 e. The van der Waals surface area contributed by atoms with E-state index in [9.17, 15) is 9.59 Å². The number of amides is 2. The van der Waals surface area contributed by atoms with Crippen LogP contribution in [0.5, 0.6) is 0 Å². The first-order valence-electron chi connectivity index (χ1n) is 7.62. The summed E-state index contributed by atoms with van der Waals surface area (Å²) in [6, 6.07) is 5.69. The fourth-order valence-corrected chi connectivity index (χ4v) is 2.38. The third-order valence-electron chi connectivity index (χ3n) is 3.22. The van der Waals surface area contributed by atoms with Crippen LogP contribution >= 0.6 is 0 Å². The SMILES string of the molecule is CCCN(CCC)C(=O)CNC(=O)c1cc(C)cc(C)c1. The molecule has 1 rings (SSSR count). The highest BCUT2D eigenvalue weighted by atomic mass is 16.2. The molecule has 0 aliphatic carbocycles. The molecule has 1 aromatic rings. The van der Waals surface area contributed by atoms with Crippen molar-refractivity contribution in [3.63, 3.8) is 0 Å². The summed E-state index contributed by atoms with van der Waals surface area (Å²) in [6.45, 7) is 9.55. The highest BCUT2D eigenvalue weighted by Gasteiger charge is 2.14.